The molecule has 2 heterocycles. The first-order valence-electron chi connectivity index (χ1n) is 8.36. The fourth-order valence-corrected chi connectivity index (χ4v) is 4.25. The first-order chi connectivity index (χ1) is 11.2. The maximum Gasteiger partial charge on any atom is 0.272 e. The summed E-state index contributed by atoms with van der Waals surface area (Å²) >= 11 is 0. The molecule has 0 radical (unpaired) electrons. The highest BCUT2D eigenvalue weighted by atomic mass is 16.3. The normalized spacial score (nSPS) is 30.1. The van der Waals surface area contributed by atoms with Crippen LogP contribution in [0.4, 0.5) is 0 Å². The largest absolute Gasteiger partial charge is 0.463 e. The Morgan fingerprint density at radius 1 is 1.35 bits per heavy atom. The zero-order valence-electron chi connectivity index (χ0n) is 13.0. The summed E-state index contributed by atoms with van der Waals surface area (Å²) in [4.78, 5) is 12.6. The first kappa shape index (κ1) is 14.5. The van der Waals surface area contributed by atoms with Crippen molar-refractivity contribution in [1.29, 1.82) is 0 Å². The molecule has 0 aromatic carbocycles. The minimum Gasteiger partial charge on any atom is -0.463 e. The smallest absolute Gasteiger partial charge is 0.272 e. The lowest BCUT2D eigenvalue weighted by atomic mass is 9.67. The summed E-state index contributed by atoms with van der Waals surface area (Å²) in [5.41, 5.74) is 7.27. The van der Waals surface area contributed by atoms with Gasteiger partial charge in [0.2, 0.25) is 0 Å². The Balaban J connectivity index is 1.48. The Kier molecular flexibility index (Phi) is 3.69. The fourth-order valence-electron chi connectivity index (χ4n) is 4.25. The van der Waals surface area contributed by atoms with Crippen molar-refractivity contribution in [3.63, 3.8) is 0 Å². The lowest BCUT2D eigenvalue weighted by Gasteiger charge is -2.45. The molecule has 2 atom stereocenters. The van der Waals surface area contributed by atoms with E-state index in [2.05, 4.69) is 15.5 Å². The second kappa shape index (κ2) is 5.85. The molecular weight excluding hydrogens is 292 g/mol. The molecule has 2 fully saturated rings. The number of H-pyrrole nitrogens is 1. The van der Waals surface area contributed by atoms with E-state index in [9.17, 15) is 4.79 Å². The predicted molar refractivity (Wildman–Crippen MR) is 85.6 cm³/mol. The van der Waals surface area contributed by atoms with Crippen molar-refractivity contribution in [3.05, 3.63) is 30.2 Å². The van der Waals surface area contributed by atoms with Crippen LogP contribution < -0.4 is 11.1 Å². The molecule has 1 amide bonds. The van der Waals surface area contributed by atoms with Crippen LogP contribution in [0.5, 0.6) is 0 Å². The van der Waals surface area contributed by atoms with Crippen molar-refractivity contribution < 1.29 is 9.21 Å². The minimum atomic E-state index is -0.114. The lowest BCUT2D eigenvalue weighted by Crippen LogP contribution is -2.53. The summed E-state index contributed by atoms with van der Waals surface area (Å²) in [5, 5.41) is 10.2. The van der Waals surface area contributed by atoms with Crippen molar-refractivity contribution in [2.75, 3.05) is 0 Å². The molecule has 23 heavy (non-hydrogen) atoms. The summed E-state index contributed by atoms with van der Waals surface area (Å²) in [6.45, 7) is 0. The molecule has 0 spiro atoms. The molecule has 2 aromatic heterocycles. The molecular formula is C17H22N4O2. The quantitative estimate of drug-likeness (QED) is 0.810. The van der Waals surface area contributed by atoms with Gasteiger partial charge in [0.25, 0.3) is 5.91 Å². The lowest BCUT2D eigenvalue weighted by molar-refractivity contribution is 0.0751. The summed E-state index contributed by atoms with van der Waals surface area (Å²) in [7, 11) is 0. The second-order valence-corrected chi connectivity index (χ2v) is 6.83. The Bertz CT molecular complexity index is 665. The van der Waals surface area contributed by atoms with Crippen molar-refractivity contribution in [2.45, 2.75) is 44.2 Å². The number of hydrogen-bond donors (Lipinski definition) is 3. The Hall–Kier alpha value is -2.08. The predicted octanol–water partition coefficient (Wildman–Crippen LogP) is 2.31. The third-order valence-electron chi connectivity index (χ3n) is 5.27. The summed E-state index contributed by atoms with van der Waals surface area (Å²) in [6, 6.07) is 5.90. The average Bonchev–Trinajstić information content (AvgIpc) is 3.19. The van der Waals surface area contributed by atoms with Crippen LogP contribution in [0.1, 0.15) is 42.6 Å². The number of carbonyl (C=O) groups excluding carboxylic acids is 1. The number of nitrogens with one attached hydrogen (secondary N) is 2. The van der Waals surface area contributed by atoms with E-state index in [1.165, 1.54) is 6.42 Å². The van der Waals surface area contributed by atoms with Gasteiger partial charge in [0.05, 0.1) is 6.26 Å². The number of furan rings is 1. The number of rotatable bonds is 3. The van der Waals surface area contributed by atoms with E-state index in [-0.39, 0.29) is 18.0 Å². The van der Waals surface area contributed by atoms with E-state index in [0.717, 1.165) is 25.7 Å². The molecule has 2 unspecified atom stereocenters. The SMILES string of the molecule is NC1CC2CCCC(C1)C2NC(=O)c1cc(-c2ccco2)[nH]n1. The van der Waals surface area contributed by atoms with Gasteiger partial charge in [-0.2, -0.15) is 5.10 Å². The zero-order valence-corrected chi connectivity index (χ0v) is 13.0. The van der Waals surface area contributed by atoms with Crippen LogP contribution in [-0.4, -0.2) is 28.2 Å². The molecule has 6 nitrogen and oxygen atoms in total. The van der Waals surface area contributed by atoms with Gasteiger partial charge in [-0.15, -0.1) is 0 Å². The molecule has 2 aliphatic rings. The number of nitrogens with two attached hydrogens (primary N) is 1. The first-order valence-corrected chi connectivity index (χ1v) is 8.36. The second-order valence-electron chi connectivity index (χ2n) is 6.83. The summed E-state index contributed by atoms with van der Waals surface area (Å²) in [5.74, 6) is 1.57. The van der Waals surface area contributed by atoms with Gasteiger partial charge in [-0.1, -0.05) is 6.42 Å². The molecule has 2 aromatic rings. The highest BCUT2D eigenvalue weighted by molar-refractivity contribution is 5.93. The molecule has 122 valence electrons. The van der Waals surface area contributed by atoms with E-state index < -0.39 is 0 Å². The van der Waals surface area contributed by atoms with Gasteiger partial charge in [-0.05, 0) is 49.7 Å². The van der Waals surface area contributed by atoms with Crippen LogP contribution in [-0.2, 0) is 0 Å². The number of aromatic amines is 1. The van der Waals surface area contributed by atoms with Crippen LogP contribution in [0, 0.1) is 11.8 Å². The molecule has 0 aliphatic heterocycles. The fraction of sp³-hybridized carbons (Fsp3) is 0.529. The maximum absolute atomic E-state index is 12.6. The standard InChI is InChI=1S/C17H22N4O2/c18-12-7-10-3-1-4-11(8-12)16(10)19-17(22)14-9-13(20-21-14)15-5-2-6-23-15/h2,5-6,9-12,16H,1,3-4,7-8,18H2,(H,19,22)(H,20,21). The highest BCUT2D eigenvalue weighted by Gasteiger charge is 2.40. The minimum absolute atomic E-state index is 0.114. The topological polar surface area (TPSA) is 96.9 Å². The van der Waals surface area contributed by atoms with Crippen LogP contribution >= 0.6 is 0 Å². The van der Waals surface area contributed by atoms with Crippen LogP contribution in [0.25, 0.3) is 11.5 Å². The third kappa shape index (κ3) is 2.79. The molecule has 4 N–H and O–H groups in total. The van der Waals surface area contributed by atoms with Gasteiger partial charge in [0.1, 0.15) is 5.69 Å². The number of aromatic nitrogens is 2. The van der Waals surface area contributed by atoms with Crippen molar-refractivity contribution >= 4 is 5.91 Å². The summed E-state index contributed by atoms with van der Waals surface area (Å²) in [6.07, 6.45) is 7.20. The Morgan fingerprint density at radius 3 is 2.83 bits per heavy atom. The molecule has 2 bridgehead atoms. The van der Waals surface area contributed by atoms with E-state index in [1.807, 2.05) is 12.1 Å². The molecule has 6 heteroatoms. The van der Waals surface area contributed by atoms with Crippen molar-refractivity contribution in [1.82, 2.24) is 15.5 Å². The van der Waals surface area contributed by atoms with E-state index in [0.29, 0.717) is 29.0 Å². The third-order valence-corrected chi connectivity index (χ3v) is 5.27. The number of fused-ring (bicyclic) bond motifs is 2. The van der Waals surface area contributed by atoms with E-state index >= 15 is 0 Å². The molecule has 4 rings (SSSR count). The van der Waals surface area contributed by atoms with Gasteiger partial charge in [0.15, 0.2) is 11.5 Å². The van der Waals surface area contributed by atoms with Gasteiger partial charge in [-0.25, -0.2) is 0 Å². The average molecular weight is 314 g/mol. The number of nitrogens with zero attached hydrogens (tertiary/aromatic N) is 1. The zero-order chi connectivity index (χ0) is 15.8. The summed E-state index contributed by atoms with van der Waals surface area (Å²) < 4.78 is 5.32. The van der Waals surface area contributed by atoms with Crippen LogP contribution in [0.2, 0.25) is 0 Å². The van der Waals surface area contributed by atoms with Crippen LogP contribution in [0.3, 0.4) is 0 Å². The number of carbonyl (C=O) groups is 1. The Labute approximate surface area is 134 Å². The monoisotopic (exact) mass is 314 g/mol. The number of amides is 1. The number of hydrogen-bond acceptors (Lipinski definition) is 4. The van der Waals surface area contributed by atoms with E-state index in [4.69, 9.17) is 10.2 Å². The van der Waals surface area contributed by atoms with Gasteiger partial charge >= 0.3 is 0 Å². The van der Waals surface area contributed by atoms with Crippen molar-refractivity contribution in [3.8, 4) is 11.5 Å². The van der Waals surface area contributed by atoms with Crippen molar-refractivity contribution in [2.24, 2.45) is 17.6 Å². The van der Waals surface area contributed by atoms with Gasteiger partial charge in [-0.3, -0.25) is 9.89 Å². The molecule has 2 aliphatic carbocycles. The maximum atomic E-state index is 12.6. The molecule has 0 saturated heterocycles. The molecule has 2 saturated carbocycles. The van der Waals surface area contributed by atoms with E-state index in [1.54, 1.807) is 12.3 Å². The van der Waals surface area contributed by atoms with Crippen LogP contribution in [0.15, 0.2) is 28.9 Å². The Morgan fingerprint density at radius 2 is 2.13 bits per heavy atom. The highest BCUT2D eigenvalue weighted by Crippen LogP contribution is 2.39. The van der Waals surface area contributed by atoms with Gasteiger partial charge in [0, 0.05) is 18.2 Å². The van der Waals surface area contributed by atoms with Gasteiger partial charge < -0.3 is 15.5 Å².